The molecule has 0 saturated carbocycles. The van der Waals surface area contributed by atoms with Gasteiger partial charge in [-0.3, -0.25) is 5.84 Å². The molecule has 1 unspecified atom stereocenters. The molecule has 0 aromatic heterocycles. The molecule has 0 spiro atoms. The van der Waals surface area contributed by atoms with Crippen molar-refractivity contribution in [2.24, 2.45) is 5.84 Å². The summed E-state index contributed by atoms with van der Waals surface area (Å²) in [5.41, 5.74) is 5.36. The van der Waals surface area contributed by atoms with Crippen LogP contribution in [0.15, 0.2) is 46.9 Å². The van der Waals surface area contributed by atoms with Crippen LogP contribution in [0.5, 0.6) is 0 Å². The Hall–Kier alpha value is -1.23. The molecular formula is C14H14BrFN2. The van der Waals surface area contributed by atoms with Crippen LogP contribution in [0.1, 0.15) is 22.7 Å². The van der Waals surface area contributed by atoms with Gasteiger partial charge in [-0.1, -0.05) is 40.2 Å². The summed E-state index contributed by atoms with van der Waals surface area (Å²) in [4.78, 5) is 0. The first-order chi connectivity index (χ1) is 8.61. The van der Waals surface area contributed by atoms with E-state index in [2.05, 4.69) is 21.4 Å². The molecule has 0 amide bonds. The molecule has 4 heteroatoms. The molecule has 3 N–H and O–H groups in total. The second-order valence-corrected chi connectivity index (χ2v) is 5.08. The zero-order valence-corrected chi connectivity index (χ0v) is 11.5. The third-order valence-electron chi connectivity index (χ3n) is 2.89. The quantitative estimate of drug-likeness (QED) is 0.673. The van der Waals surface area contributed by atoms with Crippen molar-refractivity contribution in [3.63, 3.8) is 0 Å². The van der Waals surface area contributed by atoms with Crippen molar-refractivity contribution < 1.29 is 4.39 Å². The second-order valence-electron chi connectivity index (χ2n) is 4.16. The van der Waals surface area contributed by atoms with E-state index in [4.69, 9.17) is 5.84 Å². The Kier molecular flexibility index (Phi) is 4.11. The van der Waals surface area contributed by atoms with E-state index in [0.29, 0.717) is 5.56 Å². The summed E-state index contributed by atoms with van der Waals surface area (Å²) in [5.74, 6) is 5.40. The van der Waals surface area contributed by atoms with Crippen molar-refractivity contribution in [3.8, 4) is 0 Å². The Bertz CT molecular complexity index is 540. The summed E-state index contributed by atoms with van der Waals surface area (Å²) in [5, 5.41) is 0. The summed E-state index contributed by atoms with van der Waals surface area (Å²) in [7, 11) is 0. The number of halogens is 2. The predicted octanol–water partition coefficient (Wildman–Crippen LogP) is 3.45. The van der Waals surface area contributed by atoms with Gasteiger partial charge in [0.25, 0.3) is 0 Å². The predicted molar refractivity (Wildman–Crippen MR) is 74.4 cm³/mol. The van der Waals surface area contributed by atoms with Gasteiger partial charge in [-0.05, 0) is 41.8 Å². The van der Waals surface area contributed by atoms with Gasteiger partial charge in [0.2, 0.25) is 0 Å². The van der Waals surface area contributed by atoms with Crippen LogP contribution in [0.4, 0.5) is 4.39 Å². The van der Waals surface area contributed by atoms with Gasteiger partial charge in [-0.15, -0.1) is 0 Å². The molecule has 0 fully saturated rings. The molecule has 2 rings (SSSR count). The number of nitrogens with two attached hydrogens (primary N) is 1. The maximum atomic E-state index is 13.3. The highest BCUT2D eigenvalue weighted by molar-refractivity contribution is 9.10. The van der Waals surface area contributed by atoms with Gasteiger partial charge in [0.05, 0.1) is 6.04 Å². The third-order valence-corrected chi connectivity index (χ3v) is 3.41. The molecule has 0 aliphatic rings. The fourth-order valence-electron chi connectivity index (χ4n) is 1.89. The molecule has 2 aromatic carbocycles. The third kappa shape index (κ3) is 2.77. The molecule has 0 aliphatic heterocycles. The normalized spacial score (nSPS) is 12.4. The highest BCUT2D eigenvalue weighted by Crippen LogP contribution is 2.24. The van der Waals surface area contributed by atoms with Gasteiger partial charge in [0.1, 0.15) is 5.82 Å². The van der Waals surface area contributed by atoms with E-state index in [1.807, 2.05) is 30.3 Å². The Labute approximate surface area is 114 Å². The lowest BCUT2D eigenvalue weighted by Crippen LogP contribution is -2.28. The van der Waals surface area contributed by atoms with Crippen LogP contribution in [0, 0.1) is 12.7 Å². The van der Waals surface area contributed by atoms with Crippen LogP contribution in [-0.4, -0.2) is 0 Å². The number of hydrogen-bond donors (Lipinski definition) is 2. The topological polar surface area (TPSA) is 38.0 Å². The van der Waals surface area contributed by atoms with E-state index in [9.17, 15) is 4.39 Å². The van der Waals surface area contributed by atoms with Crippen molar-refractivity contribution in [2.45, 2.75) is 13.0 Å². The molecular weight excluding hydrogens is 295 g/mol. The number of hydrogen-bond acceptors (Lipinski definition) is 2. The van der Waals surface area contributed by atoms with E-state index >= 15 is 0 Å². The van der Waals surface area contributed by atoms with Crippen molar-refractivity contribution >= 4 is 15.9 Å². The van der Waals surface area contributed by atoms with E-state index in [0.717, 1.165) is 15.6 Å². The number of rotatable bonds is 3. The Morgan fingerprint density at radius 3 is 2.28 bits per heavy atom. The first kappa shape index (κ1) is 13.2. The smallest absolute Gasteiger partial charge is 0.126 e. The lowest BCUT2D eigenvalue weighted by Gasteiger charge is -2.17. The minimum absolute atomic E-state index is 0.141. The van der Waals surface area contributed by atoms with Crippen LogP contribution in [0.2, 0.25) is 0 Å². The molecule has 0 aliphatic carbocycles. The highest BCUT2D eigenvalue weighted by Gasteiger charge is 2.13. The van der Waals surface area contributed by atoms with Gasteiger partial charge < -0.3 is 0 Å². The summed E-state index contributed by atoms with van der Waals surface area (Å²) >= 11 is 3.39. The first-order valence-electron chi connectivity index (χ1n) is 5.59. The maximum absolute atomic E-state index is 13.3. The number of hydrazine groups is 1. The highest BCUT2D eigenvalue weighted by atomic mass is 79.9. The minimum Gasteiger partial charge on any atom is -0.271 e. The largest absolute Gasteiger partial charge is 0.271 e. The lowest BCUT2D eigenvalue weighted by molar-refractivity contribution is 0.607. The van der Waals surface area contributed by atoms with Crippen LogP contribution in [0.25, 0.3) is 0 Å². The average Bonchev–Trinajstić information content (AvgIpc) is 2.37. The molecule has 94 valence electrons. The SMILES string of the molecule is Cc1cc(C(NN)c2ccc(Br)cc2)ccc1F. The molecule has 2 nitrogen and oxygen atoms in total. The molecule has 1 atom stereocenters. The van der Waals surface area contributed by atoms with Gasteiger partial charge in [0.15, 0.2) is 0 Å². The molecule has 2 aromatic rings. The van der Waals surface area contributed by atoms with Crippen LogP contribution >= 0.6 is 15.9 Å². The van der Waals surface area contributed by atoms with E-state index < -0.39 is 0 Å². The van der Waals surface area contributed by atoms with Crippen LogP contribution < -0.4 is 11.3 Å². The molecule has 0 radical (unpaired) electrons. The monoisotopic (exact) mass is 308 g/mol. The standard InChI is InChI=1S/C14H14BrFN2/c1-9-8-11(4-7-13(9)16)14(18-17)10-2-5-12(15)6-3-10/h2-8,14,18H,17H2,1H3. The lowest BCUT2D eigenvalue weighted by atomic mass is 9.98. The first-order valence-corrected chi connectivity index (χ1v) is 6.39. The average molecular weight is 309 g/mol. The number of aryl methyl sites for hydroxylation is 1. The van der Waals surface area contributed by atoms with Crippen molar-refractivity contribution in [1.82, 2.24) is 5.43 Å². The fourth-order valence-corrected chi connectivity index (χ4v) is 2.15. The van der Waals surface area contributed by atoms with E-state index in [-0.39, 0.29) is 11.9 Å². The Morgan fingerprint density at radius 1 is 1.11 bits per heavy atom. The van der Waals surface area contributed by atoms with Crippen molar-refractivity contribution in [1.29, 1.82) is 0 Å². The van der Waals surface area contributed by atoms with E-state index in [1.165, 1.54) is 6.07 Å². The molecule has 0 heterocycles. The van der Waals surface area contributed by atoms with Crippen LogP contribution in [-0.2, 0) is 0 Å². The summed E-state index contributed by atoms with van der Waals surface area (Å²) in [6.45, 7) is 1.74. The van der Waals surface area contributed by atoms with Crippen LogP contribution in [0.3, 0.4) is 0 Å². The summed E-state index contributed by atoms with van der Waals surface area (Å²) < 4.78 is 14.3. The summed E-state index contributed by atoms with van der Waals surface area (Å²) in [6.07, 6.45) is 0. The zero-order valence-electron chi connectivity index (χ0n) is 9.95. The number of nitrogens with one attached hydrogen (secondary N) is 1. The van der Waals surface area contributed by atoms with Gasteiger partial charge in [-0.2, -0.15) is 0 Å². The molecule has 0 saturated heterocycles. The number of benzene rings is 2. The van der Waals surface area contributed by atoms with Gasteiger partial charge >= 0.3 is 0 Å². The van der Waals surface area contributed by atoms with Crippen molar-refractivity contribution in [2.75, 3.05) is 0 Å². The fraction of sp³-hybridized carbons (Fsp3) is 0.143. The summed E-state index contributed by atoms with van der Waals surface area (Å²) in [6, 6.07) is 12.7. The zero-order chi connectivity index (χ0) is 13.1. The maximum Gasteiger partial charge on any atom is 0.126 e. The van der Waals surface area contributed by atoms with E-state index in [1.54, 1.807) is 13.0 Å². The van der Waals surface area contributed by atoms with Gasteiger partial charge in [0, 0.05) is 4.47 Å². The van der Waals surface area contributed by atoms with Crippen molar-refractivity contribution in [3.05, 3.63) is 69.4 Å². The molecule has 18 heavy (non-hydrogen) atoms. The minimum atomic E-state index is -0.203. The Morgan fingerprint density at radius 2 is 1.72 bits per heavy atom. The second kappa shape index (κ2) is 5.61. The van der Waals surface area contributed by atoms with Gasteiger partial charge in [-0.25, -0.2) is 9.82 Å². The molecule has 0 bridgehead atoms. The Balaban J connectivity index is 2.38.